The minimum atomic E-state index is -0.516. The molecular formula is C15H30N2O2. The van der Waals surface area contributed by atoms with Gasteiger partial charge in [0.2, 0.25) is 0 Å². The van der Waals surface area contributed by atoms with E-state index in [1.54, 1.807) is 0 Å². The van der Waals surface area contributed by atoms with E-state index >= 15 is 0 Å². The van der Waals surface area contributed by atoms with Crippen LogP contribution in [0.2, 0.25) is 0 Å². The molecule has 0 rings (SSSR count). The summed E-state index contributed by atoms with van der Waals surface area (Å²) in [6.45, 7) is 6.67. The van der Waals surface area contributed by atoms with Gasteiger partial charge in [0, 0.05) is 12.6 Å². The maximum absolute atomic E-state index is 11.4. The Labute approximate surface area is 117 Å². The lowest BCUT2D eigenvalue weighted by Gasteiger charge is -2.11. The van der Waals surface area contributed by atoms with E-state index < -0.39 is 11.8 Å². The van der Waals surface area contributed by atoms with Crippen molar-refractivity contribution in [2.45, 2.75) is 78.2 Å². The number of unbranched alkanes of at least 4 members (excludes halogenated alkanes) is 6. The Balaban J connectivity index is 3.45. The summed E-state index contributed by atoms with van der Waals surface area (Å²) in [4.78, 5) is 22.9. The van der Waals surface area contributed by atoms with Crippen LogP contribution in [-0.4, -0.2) is 24.4 Å². The first-order valence-electron chi connectivity index (χ1n) is 7.70. The molecule has 2 amide bonds. The quantitative estimate of drug-likeness (QED) is 0.474. The van der Waals surface area contributed by atoms with Crippen molar-refractivity contribution in [2.75, 3.05) is 6.54 Å². The molecule has 0 radical (unpaired) electrons. The predicted octanol–water partition coefficient (Wildman–Crippen LogP) is 2.77. The first kappa shape index (κ1) is 17.9. The summed E-state index contributed by atoms with van der Waals surface area (Å²) in [6, 6.07) is 0.0526. The van der Waals surface area contributed by atoms with Gasteiger partial charge in [-0.3, -0.25) is 9.59 Å². The van der Waals surface area contributed by atoms with E-state index in [4.69, 9.17) is 0 Å². The molecule has 2 N–H and O–H groups in total. The molecule has 0 unspecified atom stereocenters. The molecule has 0 fully saturated rings. The average Bonchev–Trinajstić information content (AvgIpc) is 2.41. The normalized spacial score (nSPS) is 11.9. The SMILES string of the molecule is CCCCCCCCCNC(=O)C(=O)N[C@@H](C)CC. The zero-order valence-electron chi connectivity index (χ0n) is 12.8. The lowest BCUT2D eigenvalue weighted by atomic mass is 10.1. The number of nitrogens with one attached hydrogen (secondary N) is 2. The molecule has 0 bridgehead atoms. The molecule has 0 aromatic heterocycles. The summed E-state index contributed by atoms with van der Waals surface area (Å²) in [5.41, 5.74) is 0. The molecule has 19 heavy (non-hydrogen) atoms. The van der Waals surface area contributed by atoms with Crippen molar-refractivity contribution in [2.24, 2.45) is 0 Å². The molecule has 0 saturated heterocycles. The average molecular weight is 270 g/mol. The molecule has 112 valence electrons. The van der Waals surface area contributed by atoms with Crippen molar-refractivity contribution in [1.29, 1.82) is 0 Å². The number of carbonyl (C=O) groups excluding carboxylic acids is 2. The van der Waals surface area contributed by atoms with E-state index in [0.29, 0.717) is 6.54 Å². The summed E-state index contributed by atoms with van der Waals surface area (Å²) >= 11 is 0. The van der Waals surface area contributed by atoms with Gasteiger partial charge in [-0.2, -0.15) is 0 Å². The van der Waals surface area contributed by atoms with Crippen molar-refractivity contribution >= 4 is 11.8 Å². The van der Waals surface area contributed by atoms with Crippen LogP contribution in [0, 0.1) is 0 Å². The van der Waals surface area contributed by atoms with Gasteiger partial charge in [0.05, 0.1) is 0 Å². The van der Waals surface area contributed by atoms with Crippen LogP contribution in [0.3, 0.4) is 0 Å². The molecule has 0 aliphatic heterocycles. The molecular weight excluding hydrogens is 240 g/mol. The fourth-order valence-corrected chi connectivity index (χ4v) is 1.76. The van der Waals surface area contributed by atoms with E-state index in [1.807, 2.05) is 13.8 Å². The predicted molar refractivity (Wildman–Crippen MR) is 78.9 cm³/mol. The first-order valence-corrected chi connectivity index (χ1v) is 7.70. The molecule has 0 aliphatic rings. The summed E-state index contributed by atoms with van der Waals surface area (Å²) < 4.78 is 0. The Morgan fingerprint density at radius 1 is 0.895 bits per heavy atom. The third-order valence-corrected chi connectivity index (χ3v) is 3.26. The number of hydrogen-bond acceptors (Lipinski definition) is 2. The van der Waals surface area contributed by atoms with Crippen LogP contribution in [0.4, 0.5) is 0 Å². The van der Waals surface area contributed by atoms with Crippen molar-refractivity contribution in [3.05, 3.63) is 0 Å². The Morgan fingerprint density at radius 2 is 1.47 bits per heavy atom. The fraction of sp³-hybridized carbons (Fsp3) is 0.867. The van der Waals surface area contributed by atoms with Gasteiger partial charge in [0.15, 0.2) is 0 Å². The highest BCUT2D eigenvalue weighted by molar-refractivity contribution is 6.35. The summed E-state index contributed by atoms with van der Waals surface area (Å²) in [5, 5.41) is 5.32. The second-order valence-electron chi connectivity index (χ2n) is 5.16. The maximum Gasteiger partial charge on any atom is 0.309 e. The monoisotopic (exact) mass is 270 g/mol. The number of rotatable bonds is 10. The minimum Gasteiger partial charge on any atom is -0.348 e. The number of hydrogen-bond donors (Lipinski definition) is 2. The zero-order valence-corrected chi connectivity index (χ0v) is 12.8. The van der Waals surface area contributed by atoms with Crippen LogP contribution in [0.25, 0.3) is 0 Å². The van der Waals surface area contributed by atoms with Crippen LogP contribution in [-0.2, 0) is 9.59 Å². The lowest BCUT2D eigenvalue weighted by molar-refractivity contribution is -0.139. The zero-order chi connectivity index (χ0) is 14.5. The summed E-state index contributed by atoms with van der Waals surface area (Å²) in [6.07, 6.45) is 9.28. The summed E-state index contributed by atoms with van der Waals surface area (Å²) in [5.74, 6) is -1.02. The van der Waals surface area contributed by atoms with Crippen molar-refractivity contribution in [3.8, 4) is 0 Å². The highest BCUT2D eigenvalue weighted by Crippen LogP contribution is 2.06. The van der Waals surface area contributed by atoms with E-state index in [0.717, 1.165) is 19.3 Å². The van der Waals surface area contributed by atoms with Crippen molar-refractivity contribution in [1.82, 2.24) is 10.6 Å². The van der Waals surface area contributed by atoms with Crippen LogP contribution in [0.15, 0.2) is 0 Å². The van der Waals surface area contributed by atoms with Crippen LogP contribution < -0.4 is 10.6 Å². The second-order valence-corrected chi connectivity index (χ2v) is 5.16. The van der Waals surface area contributed by atoms with Crippen LogP contribution in [0.5, 0.6) is 0 Å². The topological polar surface area (TPSA) is 58.2 Å². The second kappa shape index (κ2) is 12.0. The maximum atomic E-state index is 11.4. The Morgan fingerprint density at radius 3 is 2.05 bits per heavy atom. The van der Waals surface area contributed by atoms with Crippen molar-refractivity contribution in [3.63, 3.8) is 0 Å². The van der Waals surface area contributed by atoms with E-state index in [-0.39, 0.29) is 6.04 Å². The molecule has 4 nitrogen and oxygen atoms in total. The smallest absolute Gasteiger partial charge is 0.309 e. The van der Waals surface area contributed by atoms with Gasteiger partial charge in [-0.15, -0.1) is 0 Å². The Bertz CT molecular complexity index is 255. The molecule has 0 spiro atoms. The van der Waals surface area contributed by atoms with Crippen LogP contribution >= 0.6 is 0 Å². The van der Waals surface area contributed by atoms with E-state index in [2.05, 4.69) is 17.6 Å². The Hall–Kier alpha value is -1.06. The largest absolute Gasteiger partial charge is 0.348 e. The van der Waals surface area contributed by atoms with Gasteiger partial charge in [-0.25, -0.2) is 0 Å². The van der Waals surface area contributed by atoms with Crippen molar-refractivity contribution < 1.29 is 9.59 Å². The molecule has 0 saturated carbocycles. The number of amides is 2. The minimum absolute atomic E-state index is 0.0526. The molecule has 0 aliphatic carbocycles. The van der Waals surface area contributed by atoms with Gasteiger partial charge in [-0.05, 0) is 19.8 Å². The van der Waals surface area contributed by atoms with Gasteiger partial charge < -0.3 is 10.6 Å². The lowest BCUT2D eigenvalue weighted by Crippen LogP contribution is -2.43. The number of carbonyl (C=O) groups is 2. The molecule has 0 aromatic rings. The van der Waals surface area contributed by atoms with Gasteiger partial charge >= 0.3 is 11.8 Å². The molecule has 0 aromatic carbocycles. The molecule has 4 heteroatoms. The van der Waals surface area contributed by atoms with E-state index in [9.17, 15) is 9.59 Å². The van der Waals surface area contributed by atoms with Gasteiger partial charge in [0.1, 0.15) is 0 Å². The highest BCUT2D eigenvalue weighted by Gasteiger charge is 2.13. The molecule has 1 atom stereocenters. The van der Waals surface area contributed by atoms with Gasteiger partial charge in [0.25, 0.3) is 0 Å². The first-order chi connectivity index (χ1) is 9.11. The molecule has 0 heterocycles. The third kappa shape index (κ3) is 10.5. The standard InChI is InChI=1S/C15H30N2O2/c1-4-6-7-8-9-10-11-12-16-14(18)15(19)17-13(3)5-2/h13H,4-12H2,1-3H3,(H,16,18)(H,17,19)/t13-/m0/s1. The van der Waals surface area contributed by atoms with Crippen LogP contribution in [0.1, 0.15) is 72.1 Å². The van der Waals surface area contributed by atoms with Gasteiger partial charge in [-0.1, -0.05) is 52.4 Å². The highest BCUT2D eigenvalue weighted by atomic mass is 16.2. The fourth-order valence-electron chi connectivity index (χ4n) is 1.76. The van der Waals surface area contributed by atoms with E-state index in [1.165, 1.54) is 32.1 Å². The Kier molecular flexibility index (Phi) is 11.3. The third-order valence-electron chi connectivity index (χ3n) is 3.26. The summed E-state index contributed by atoms with van der Waals surface area (Å²) in [7, 11) is 0.